The van der Waals surface area contributed by atoms with E-state index in [9.17, 15) is 4.79 Å². The number of hydrogen-bond donors (Lipinski definition) is 1. The van der Waals surface area contributed by atoms with Crippen molar-refractivity contribution in [2.75, 3.05) is 25.1 Å². The van der Waals surface area contributed by atoms with Crippen molar-refractivity contribution in [3.63, 3.8) is 0 Å². The van der Waals surface area contributed by atoms with Crippen molar-refractivity contribution in [1.29, 1.82) is 0 Å². The molecule has 0 saturated carbocycles. The van der Waals surface area contributed by atoms with Gasteiger partial charge in [-0.1, -0.05) is 18.2 Å². The molecule has 3 aromatic rings. The number of carbonyl (C=O) groups is 1. The summed E-state index contributed by atoms with van der Waals surface area (Å²) in [4.78, 5) is 16.5. The largest absolute Gasteiger partial charge is 0.493 e. The molecule has 1 aromatic heterocycles. The molecule has 0 aliphatic carbocycles. The average Bonchev–Trinajstić information content (AvgIpc) is 3.20. The van der Waals surface area contributed by atoms with Gasteiger partial charge in [-0.3, -0.25) is 9.78 Å². The summed E-state index contributed by atoms with van der Waals surface area (Å²) in [6, 6.07) is 15.2. The summed E-state index contributed by atoms with van der Waals surface area (Å²) < 4.78 is 11.5. The molecule has 0 radical (unpaired) electrons. The number of nitrogens with zero attached hydrogens (tertiary/aromatic N) is 1. The van der Waals surface area contributed by atoms with Crippen molar-refractivity contribution < 1.29 is 14.3 Å². The zero-order valence-electron chi connectivity index (χ0n) is 15.3. The van der Waals surface area contributed by atoms with Gasteiger partial charge in [-0.25, -0.2) is 0 Å². The maximum atomic E-state index is 12.4. The standard InChI is InChI=1S/C22H22N2O3/c1-15-11-18(24-22(25)19-6-2-3-9-23-19)12-17-5-4-7-20(21(15)17)27-14-16-8-10-26-13-16/h2-7,9,11-12,16H,8,10,13-14H2,1H3,(H,24,25). The Kier molecular flexibility index (Phi) is 5.03. The van der Waals surface area contributed by atoms with E-state index in [0.29, 0.717) is 18.2 Å². The molecule has 1 aliphatic heterocycles. The fourth-order valence-electron chi connectivity index (χ4n) is 3.41. The highest BCUT2D eigenvalue weighted by atomic mass is 16.5. The highest BCUT2D eigenvalue weighted by molar-refractivity contribution is 6.04. The summed E-state index contributed by atoms with van der Waals surface area (Å²) in [6.07, 6.45) is 2.66. The second kappa shape index (κ2) is 7.76. The summed E-state index contributed by atoms with van der Waals surface area (Å²) in [5.74, 6) is 1.11. The third-order valence-corrected chi connectivity index (χ3v) is 4.79. The summed E-state index contributed by atoms with van der Waals surface area (Å²) in [6.45, 7) is 4.29. The molecule has 1 unspecified atom stereocenters. The van der Waals surface area contributed by atoms with Crippen molar-refractivity contribution in [1.82, 2.24) is 4.98 Å². The number of aryl methyl sites for hydroxylation is 1. The molecule has 0 bridgehead atoms. The molecular formula is C22H22N2O3. The van der Waals surface area contributed by atoms with Crippen LogP contribution in [0.25, 0.3) is 10.8 Å². The molecule has 0 spiro atoms. The van der Waals surface area contributed by atoms with E-state index in [1.54, 1.807) is 24.4 Å². The molecule has 27 heavy (non-hydrogen) atoms. The van der Waals surface area contributed by atoms with Gasteiger partial charge in [0.05, 0.1) is 13.2 Å². The van der Waals surface area contributed by atoms with Crippen LogP contribution in [0.3, 0.4) is 0 Å². The lowest BCUT2D eigenvalue weighted by molar-refractivity contribution is 0.102. The molecule has 4 rings (SSSR count). The van der Waals surface area contributed by atoms with Crippen LogP contribution in [0.5, 0.6) is 5.75 Å². The minimum atomic E-state index is -0.219. The Labute approximate surface area is 158 Å². The molecule has 2 heterocycles. The fraction of sp³-hybridized carbons (Fsp3) is 0.273. The van der Waals surface area contributed by atoms with Crippen LogP contribution in [0.4, 0.5) is 5.69 Å². The van der Waals surface area contributed by atoms with Gasteiger partial charge in [0.15, 0.2) is 0 Å². The van der Waals surface area contributed by atoms with E-state index in [4.69, 9.17) is 9.47 Å². The SMILES string of the molecule is Cc1cc(NC(=O)c2ccccn2)cc2cccc(OCC3CCOC3)c12. The maximum Gasteiger partial charge on any atom is 0.274 e. The number of ether oxygens (including phenoxy) is 2. The first-order valence-electron chi connectivity index (χ1n) is 9.17. The van der Waals surface area contributed by atoms with E-state index in [0.717, 1.165) is 47.4 Å². The molecule has 1 fully saturated rings. The van der Waals surface area contributed by atoms with Gasteiger partial charge in [0.25, 0.3) is 5.91 Å². The number of anilines is 1. The van der Waals surface area contributed by atoms with Crippen molar-refractivity contribution in [2.45, 2.75) is 13.3 Å². The van der Waals surface area contributed by atoms with Crippen LogP contribution in [0.1, 0.15) is 22.5 Å². The molecule has 5 heteroatoms. The zero-order chi connectivity index (χ0) is 18.6. The Morgan fingerprint density at radius 3 is 2.96 bits per heavy atom. The molecule has 1 aliphatic rings. The Balaban J connectivity index is 1.57. The van der Waals surface area contributed by atoms with Gasteiger partial charge < -0.3 is 14.8 Å². The highest BCUT2D eigenvalue weighted by Gasteiger charge is 2.17. The second-order valence-electron chi connectivity index (χ2n) is 6.86. The van der Waals surface area contributed by atoms with Gasteiger partial charge in [-0.05, 0) is 54.6 Å². The van der Waals surface area contributed by atoms with Crippen LogP contribution in [-0.4, -0.2) is 30.7 Å². The first-order chi connectivity index (χ1) is 13.2. The Bertz CT molecular complexity index is 950. The van der Waals surface area contributed by atoms with Gasteiger partial charge >= 0.3 is 0 Å². The van der Waals surface area contributed by atoms with Crippen LogP contribution in [0.15, 0.2) is 54.7 Å². The zero-order valence-corrected chi connectivity index (χ0v) is 15.3. The fourth-order valence-corrected chi connectivity index (χ4v) is 3.41. The summed E-state index contributed by atoms with van der Waals surface area (Å²) in [5.41, 5.74) is 2.20. The van der Waals surface area contributed by atoms with Crippen molar-refractivity contribution >= 4 is 22.4 Å². The number of benzene rings is 2. The average molecular weight is 362 g/mol. The summed E-state index contributed by atoms with van der Waals surface area (Å²) in [7, 11) is 0. The molecule has 1 amide bonds. The topological polar surface area (TPSA) is 60.5 Å². The Hall–Kier alpha value is -2.92. The van der Waals surface area contributed by atoms with E-state index >= 15 is 0 Å². The van der Waals surface area contributed by atoms with Crippen molar-refractivity contribution in [3.8, 4) is 5.75 Å². The van der Waals surface area contributed by atoms with E-state index in [1.165, 1.54) is 0 Å². The van der Waals surface area contributed by atoms with Crippen molar-refractivity contribution in [3.05, 3.63) is 66.0 Å². The van der Waals surface area contributed by atoms with Gasteiger partial charge in [0.2, 0.25) is 0 Å². The number of carbonyl (C=O) groups excluding carboxylic acids is 1. The predicted molar refractivity (Wildman–Crippen MR) is 105 cm³/mol. The Morgan fingerprint density at radius 1 is 1.26 bits per heavy atom. The van der Waals surface area contributed by atoms with Crippen LogP contribution >= 0.6 is 0 Å². The number of amides is 1. The van der Waals surface area contributed by atoms with Crippen LogP contribution in [0, 0.1) is 12.8 Å². The molecule has 5 nitrogen and oxygen atoms in total. The molecule has 1 atom stereocenters. The van der Waals surface area contributed by atoms with Gasteiger partial charge in [-0.2, -0.15) is 0 Å². The lowest BCUT2D eigenvalue weighted by atomic mass is 10.0. The second-order valence-corrected chi connectivity index (χ2v) is 6.86. The maximum absolute atomic E-state index is 12.4. The smallest absolute Gasteiger partial charge is 0.274 e. The molecule has 1 N–H and O–H groups in total. The molecular weight excluding hydrogens is 340 g/mol. The Morgan fingerprint density at radius 2 is 2.19 bits per heavy atom. The number of fused-ring (bicyclic) bond motifs is 1. The number of rotatable bonds is 5. The number of nitrogens with one attached hydrogen (secondary N) is 1. The van der Waals surface area contributed by atoms with E-state index in [1.807, 2.05) is 37.3 Å². The van der Waals surface area contributed by atoms with Gasteiger partial charge in [0.1, 0.15) is 11.4 Å². The van der Waals surface area contributed by atoms with Crippen LogP contribution in [-0.2, 0) is 4.74 Å². The van der Waals surface area contributed by atoms with Crippen LogP contribution < -0.4 is 10.1 Å². The van der Waals surface area contributed by atoms with E-state index in [2.05, 4.69) is 10.3 Å². The number of aromatic nitrogens is 1. The lowest BCUT2D eigenvalue weighted by Crippen LogP contribution is -2.13. The minimum Gasteiger partial charge on any atom is -0.493 e. The molecule has 138 valence electrons. The normalized spacial score (nSPS) is 16.4. The first kappa shape index (κ1) is 17.5. The van der Waals surface area contributed by atoms with E-state index in [-0.39, 0.29) is 5.91 Å². The predicted octanol–water partition coefficient (Wildman–Crippen LogP) is 4.21. The molecule has 1 saturated heterocycles. The number of pyridine rings is 1. The third kappa shape index (κ3) is 3.93. The quantitative estimate of drug-likeness (QED) is 0.739. The van der Waals surface area contributed by atoms with E-state index < -0.39 is 0 Å². The van der Waals surface area contributed by atoms with Gasteiger partial charge in [0, 0.05) is 29.8 Å². The van der Waals surface area contributed by atoms with Crippen LogP contribution in [0.2, 0.25) is 0 Å². The summed E-state index contributed by atoms with van der Waals surface area (Å²) in [5, 5.41) is 5.04. The molecule has 2 aromatic carbocycles. The van der Waals surface area contributed by atoms with Crippen molar-refractivity contribution in [2.24, 2.45) is 5.92 Å². The van der Waals surface area contributed by atoms with Gasteiger partial charge in [-0.15, -0.1) is 0 Å². The minimum absolute atomic E-state index is 0.219. The third-order valence-electron chi connectivity index (χ3n) is 4.79. The monoisotopic (exact) mass is 362 g/mol. The number of hydrogen-bond acceptors (Lipinski definition) is 4. The summed E-state index contributed by atoms with van der Waals surface area (Å²) >= 11 is 0. The first-order valence-corrected chi connectivity index (χ1v) is 9.17. The lowest BCUT2D eigenvalue weighted by Gasteiger charge is -2.15. The highest BCUT2D eigenvalue weighted by Crippen LogP contribution is 2.32.